The number of hydrogen-bond acceptors (Lipinski definition) is 3. The van der Waals surface area contributed by atoms with Crippen LogP contribution < -0.4 is 14.8 Å². The van der Waals surface area contributed by atoms with Crippen LogP contribution in [0, 0.1) is 5.92 Å². The van der Waals surface area contributed by atoms with Crippen molar-refractivity contribution in [2.45, 2.75) is 45.1 Å². The monoisotopic (exact) mass is 289 g/mol. The Balaban J connectivity index is 1.44. The van der Waals surface area contributed by atoms with Crippen molar-refractivity contribution in [2.24, 2.45) is 5.92 Å². The van der Waals surface area contributed by atoms with Crippen LogP contribution in [0.5, 0.6) is 11.5 Å². The second-order valence-electron chi connectivity index (χ2n) is 5.94. The van der Waals surface area contributed by atoms with Crippen molar-refractivity contribution in [1.29, 1.82) is 0 Å². The van der Waals surface area contributed by atoms with E-state index >= 15 is 0 Å². The lowest BCUT2D eigenvalue weighted by atomic mass is 10.0. The number of benzene rings is 1. The highest BCUT2D eigenvalue weighted by Gasteiger charge is 2.16. The molecule has 1 aromatic rings. The second kappa shape index (κ2) is 6.83. The summed E-state index contributed by atoms with van der Waals surface area (Å²) < 4.78 is 11.0. The lowest BCUT2D eigenvalue weighted by Gasteiger charge is -2.19. The summed E-state index contributed by atoms with van der Waals surface area (Å²) in [7, 11) is 0. The molecule has 1 aliphatic carbocycles. The first-order valence-corrected chi connectivity index (χ1v) is 7.96. The third kappa shape index (κ3) is 3.90. The number of ether oxygens (including phenoxy) is 2. The third-order valence-electron chi connectivity index (χ3n) is 4.35. The van der Waals surface area contributed by atoms with Gasteiger partial charge in [-0.15, -0.1) is 0 Å². The molecule has 0 unspecified atom stereocenters. The van der Waals surface area contributed by atoms with E-state index in [0.29, 0.717) is 26.2 Å². The van der Waals surface area contributed by atoms with E-state index in [2.05, 4.69) is 5.32 Å². The molecule has 21 heavy (non-hydrogen) atoms. The molecule has 1 amide bonds. The molecule has 1 fully saturated rings. The van der Waals surface area contributed by atoms with Gasteiger partial charge < -0.3 is 14.8 Å². The SMILES string of the molecule is O=C(CCC1CCCC1)NCc1ccc2c(c1)OCCO2. The van der Waals surface area contributed by atoms with E-state index in [0.717, 1.165) is 29.4 Å². The van der Waals surface area contributed by atoms with E-state index < -0.39 is 0 Å². The van der Waals surface area contributed by atoms with E-state index in [9.17, 15) is 4.79 Å². The number of carbonyl (C=O) groups is 1. The predicted octanol–water partition coefficient (Wildman–Crippen LogP) is 3.04. The van der Waals surface area contributed by atoms with Crippen LogP contribution in [-0.4, -0.2) is 19.1 Å². The van der Waals surface area contributed by atoms with Crippen LogP contribution in [0.3, 0.4) is 0 Å². The number of carbonyl (C=O) groups excluding carboxylic acids is 1. The molecule has 0 aromatic heterocycles. The lowest BCUT2D eigenvalue weighted by Crippen LogP contribution is -2.23. The first-order valence-electron chi connectivity index (χ1n) is 7.96. The quantitative estimate of drug-likeness (QED) is 0.906. The average Bonchev–Trinajstić information content (AvgIpc) is 3.04. The van der Waals surface area contributed by atoms with Crippen LogP contribution in [0.15, 0.2) is 18.2 Å². The summed E-state index contributed by atoms with van der Waals surface area (Å²) in [6.45, 7) is 1.74. The van der Waals surface area contributed by atoms with Gasteiger partial charge in [0.15, 0.2) is 11.5 Å². The van der Waals surface area contributed by atoms with Gasteiger partial charge in [0, 0.05) is 13.0 Å². The highest BCUT2D eigenvalue weighted by Crippen LogP contribution is 2.31. The van der Waals surface area contributed by atoms with Crippen LogP contribution in [0.2, 0.25) is 0 Å². The Labute approximate surface area is 125 Å². The molecular weight excluding hydrogens is 266 g/mol. The van der Waals surface area contributed by atoms with Gasteiger partial charge in [-0.2, -0.15) is 0 Å². The Morgan fingerprint density at radius 3 is 2.71 bits per heavy atom. The highest BCUT2D eigenvalue weighted by atomic mass is 16.6. The van der Waals surface area contributed by atoms with Gasteiger partial charge in [0.25, 0.3) is 0 Å². The van der Waals surface area contributed by atoms with Crippen molar-refractivity contribution in [2.75, 3.05) is 13.2 Å². The summed E-state index contributed by atoms with van der Waals surface area (Å²) in [6.07, 6.45) is 6.96. The van der Waals surface area contributed by atoms with Crippen molar-refractivity contribution in [3.05, 3.63) is 23.8 Å². The number of rotatable bonds is 5. The van der Waals surface area contributed by atoms with Crippen molar-refractivity contribution in [3.63, 3.8) is 0 Å². The average molecular weight is 289 g/mol. The van der Waals surface area contributed by atoms with Crippen LogP contribution in [-0.2, 0) is 11.3 Å². The molecule has 2 aliphatic rings. The summed E-state index contributed by atoms with van der Waals surface area (Å²) in [5, 5.41) is 2.99. The largest absolute Gasteiger partial charge is 0.486 e. The van der Waals surface area contributed by atoms with Crippen molar-refractivity contribution >= 4 is 5.91 Å². The molecule has 0 spiro atoms. The maximum atomic E-state index is 11.9. The second-order valence-corrected chi connectivity index (χ2v) is 5.94. The smallest absolute Gasteiger partial charge is 0.220 e. The zero-order valence-electron chi connectivity index (χ0n) is 12.4. The number of hydrogen-bond donors (Lipinski definition) is 1. The molecule has 0 radical (unpaired) electrons. The standard InChI is InChI=1S/C17H23NO3/c19-17(8-6-13-3-1-2-4-13)18-12-14-5-7-15-16(11-14)21-10-9-20-15/h5,7,11,13H,1-4,6,8-10,12H2,(H,18,19). The van der Waals surface area contributed by atoms with Gasteiger partial charge in [-0.25, -0.2) is 0 Å². The van der Waals surface area contributed by atoms with Gasteiger partial charge in [0.05, 0.1) is 0 Å². The fourth-order valence-electron chi connectivity index (χ4n) is 3.12. The molecule has 1 aliphatic heterocycles. The lowest BCUT2D eigenvalue weighted by molar-refractivity contribution is -0.121. The molecule has 0 atom stereocenters. The molecule has 3 rings (SSSR count). The highest BCUT2D eigenvalue weighted by molar-refractivity contribution is 5.75. The zero-order valence-corrected chi connectivity index (χ0v) is 12.4. The van der Waals surface area contributed by atoms with Crippen LogP contribution >= 0.6 is 0 Å². The minimum Gasteiger partial charge on any atom is -0.486 e. The molecule has 4 heteroatoms. The van der Waals surface area contributed by atoms with E-state index in [-0.39, 0.29) is 5.91 Å². The Hall–Kier alpha value is -1.71. The summed E-state index contributed by atoms with van der Waals surface area (Å²) >= 11 is 0. The molecule has 0 bridgehead atoms. The number of nitrogens with one attached hydrogen (secondary N) is 1. The van der Waals surface area contributed by atoms with Crippen LogP contribution in [0.1, 0.15) is 44.1 Å². The summed E-state index contributed by atoms with van der Waals surface area (Å²) in [5.74, 6) is 2.48. The van der Waals surface area contributed by atoms with Gasteiger partial charge in [-0.05, 0) is 30.0 Å². The maximum Gasteiger partial charge on any atom is 0.220 e. The van der Waals surface area contributed by atoms with Gasteiger partial charge in [0.2, 0.25) is 5.91 Å². The van der Waals surface area contributed by atoms with E-state index in [4.69, 9.17) is 9.47 Å². The molecule has 114 valence electrons. The topological polar surface area (TPSA) is 47.6 Å². The molecule has 1 heterocycles. The van der Waals surface area contributed by atoms with E-state index in [1.807, 2.05) is 18.2 Å². The van der Waals surface area contributed by atoms with E-state index in [1.165, 1.54) is 25.7 Å². The summed E-state index contributed by atoms with van der Waals surface area (Å²) in [4.78, 5) is 11.9. The maximum absolute atomic E-state index is 11.9. The van der Waals surface area contributed by atoms with E-state index in [1.54, 1.807) is 0 Å². The first-order chi connectivity index (χ1) is 10.3. The fraction of sp³-hybridized carbons (Fsp3) is 0.588. The predicted molar refractivity (Wildman–Crippen MR) is 80.5 cm³/mol. The molecule has 4 nitrogen and oxygen atoms in total. The summed E-state index contributed by atoms with van der Waals surface area (Å²) in [5.41, 5.74) is 1.05. The number of amides is 1. The third-order valence-corrected chi connectivity index (χ3v) is 4.35. The van der Waals surface area contributed by atoms with Crippen molar-refractivity contribution in [1.82, 2.24) is 5.32 Å². The van der Waals surface area contributed by atoms with Gasteiger partial charge in [-0.1, -0.05) is 31.7 Å². The van der Waals surface area contributed by atoms with Gasteiger partial charge in [-0.3, -0.25) is 4.79 Å². The number of fused-ring (bicyclic) bond motifs is 1. The minimum atomic E-state index is 0.150. The Kier molecular flexibility index (Phi) is 4.63. The summed E-state index contributed by atoms with van der Waals surface area (Å²) in [6, 6.07) is 5.84. The molecule has 0 saturated heterocycles. The Morgan fingerprint density at radius 2 is 1.90 bits per heavy atom. The van der Waals surface area contributed by atoms with Crippen molar-refractivity contribution in [3.8, 4) is 11.5 Å². The first kappa shape index (κ1) is 14.2. The Morgan fingerprint density at radius 1 is 1.14 bits per heavy atom. The van der Waals surface area contributed by atoms with Crippen LogP contribution in [0.4, 0.5) is 0 Å². The minimum absolute atomic E-state index is 0.150. The van der Waals surface area contributed by atoms with Crippen molar-refractivity contribution < 1.29 is 14.3 Å². The molecule has 1 saturated carbocycles. The molecular formula is C17H23NO3. The van der Waals surface area contributed by atoms with Crippen LogP contribution in [0.25, 0.3) is 0 Å². The zero-order chi connectivity index (χ0) is 14.5. The molecule has 1 N–H and O–H groups in total. The normalized spacial score (nSPS) is 17.7. The molecule has 1 aromatic carbocycles. The van der Waals surface area contributed by atoms with Gasteiger partial charge >= 0.3 is 0 Å². The van der Waals surface area contributed by atoms with Gasteiger partial charge in [0.1, 0.15) is 13.2 Å². The Bertz CT molecular complexity index is 495. The fourth-order valence-corrected chi connectivity index (χ4v) is 3.12.